The van der Waals surface area contributed by atoms with Crippen molar-refractivity contribution in [2.75, 3.05) is 5.32 Å². The zero-order valence-electron chi connectivity index (χ0n) is 12.8. The van der Waals surface area contributed by atoms with Crippen molar-refractivity contribution in [2.45, 2.75) is 19.4 Å². The van der Waals surface area contributed by atoms with Gasteiger partial charge in [-0.3, -0.25) is 15.2 Å². The van der Waals surface area contributed by atoms with Crippen LogP contribution < -0.4 is 5.32 Å². The van der Waals surface area contributed by atoms with E-state index in [1.54, 1.807) is 0 Å². The summed E-state index contributed by atoms with van der Waals surface area (Å²) in [7, 11) is 0. The maximum absolute atomic E-state index is 13.7. The number of benzene rings is 1. The van der Waals surface area contributed by atoms with Gasteiger partial charge in [0.15, 0.2) is 17.5 Å². The summed E-state index contributed by atoms with van der Waals surface area (Å²) in [5, 5.41) is 17.4. The van der Waals surface area contributed by atoms with Gasteiger partial charge in [0.1, 0.15) is 18.2 Å². The van der Waals surface area contributed by atoms with E-state index in [1.165, 1.54) is 12.3 Å². The number of carbonyl (C=O) groups excluding carboxylic acids is 1. The lowest BCUT2D eigenvalue weighted by Gasteiger charge is -2.00. The molecule has 0 aliphatic rings. The fourth-order valence-corrected chi connectivity index (χ4v) is 2.07. The molecule has 0 saturated heterocycles. The third-order valence-corrected chi connectivity index (χ3v) is 3.25. The van der Waals surface area contributed by atoms with Gasteiger partial charge in [0.05, 0.1) is 11.8 Å². The Bertz CT molecular complexity index is 893. The number of nitrogens with one attached hydrogen (secondary N) is 2. The predicted molar refractivity (Wildman–Crippen MR) is 81.1 cm³/mol. The number of oxazole rings is 1. The first-order valence-electron chi connectivity index (χ1n) is 7.27. The van der Waals surface area contributed by atoms with Crippen LogP contribution >= 0.6 is 0 Å². The Balaban J connectivity index is 1.58. The molecule has 3 aromatic rings. The normalized spacial score (nSPS) is 10.8. The number of anilines is 1. The van der Waals surface area contributed by atoms with Crippen LogP contribution in [0, 0.1) is 11.6 Å². The Hall–Kier alpha value is -3.14. The molecule has 0 bridgehead atoms. The van der Waals surface area contributed by atoms with E-state index < -0.39 is 11.6 Å². The number of hydrogen-bond acceptors (Lipinski definition) is 6. The van der Waals surface area contributed by atoms with Crippen molar-refractivity contribution in [3.05, 3.63) is 47.7 Å². The zero-order chi connectivity index (χ0) is 17.8. The SMILES string of the molecule is O=C(CCc1ncc(-c2ccc(F)cc2F)o1)Nc1n[nH]c(CO)n1. The second-order valence-corrected chi connectivity index (χ2v) is 5.05. The molecular formula is C15H13F2N5O3. The number of carbonyl (C=O) groups is 1. The lowest BCUT2D eigenvalue weighted by atomic mass is 10.2. The van der Waals surface area contributed by atoms with E-state index in [1.807, 2.05) is 0 Å². The number of aromatic amines is 1. The third kappa shape index (κ3) is 4.04. The van der Waals surface area contributed by atoms with E-state index in [4.69, 9.17) is 9.52 Å². The summed E-state index contributed by atoms with van der Waals surface area (Å²) < 4.78 is 32.0. The summed E-state index contributed by atoms with van der Waals surface area (Å²) in [6, 6.07) is 3.12. The highest BCUT2D eigenvalue weighted by Gasteiger charge is 2.13. The van der Waals surface area contributed by atoms with Gasteiger partial charge in [0.25, 0.3) is 0 Å². The number of aliphatic hydroxyl groups excluding tert-OH is 1. The number of aromatic nitrogens is 4. The molecule has 0 saturated carbocycles. The van der Waals surface area contributed by atoms with Gasteiger partial charge in [-0.15, -0.1) is 5.10 Å². The van der Waals surface area contributed by atoms with E-state index >= 15 is 0 Å². The highest BCUT2D eigenvalue weighted by Crippen LogP contribution is 2.24. The van der Waals surface area contributed by atoms with Crippen LogP contribution in [0.5, 0.6) is 0 Å². The number of hydrogen-bond donors (Lipinski definition) is 3. The quantitative estimate of drug-likeness (QED) is 0.625. The van der Waals surface area contributed by atoms with Gasteiger partial charge in [0, 0.05) is 18.9 Å². The van der Waals surface area contributed by atoms with Gasteiger partial charge in [-0.05, 0) is 12.1 Å². The smallest absolute Gasteiger partial charge is 0.248 e. The molecule has 10 heteroatoms. The zero-order valence-corrected chi connectivity index (χ0v) is 12.8. The summed E-state index contributed by atoms with van der Waals surface area (Å²) in [5.74, 6) is -1.16. The van der Waals surface area contributed by atoms with Gasteiger partial charge < -0.3 is 9.52 Å². The summed E-state index contributed by atoms with van der Waals surface area (Å²) in [6.07, 6.45) is 1.52. The minimum atomic E-state index is -0.760. The number of H-pyrrole nitrogens is 1. The van der Waals surface area contributed by atoms with Crippen LogP contribution in [0.15, 0.2) is 28.8 Å². The molecule has 25 heavy (non-hydrogen) atoms. The van der Waals surface area contributed by atoms with E-state index in [-0.39, 0.29) is 54.3 Å². The minimum absolute atomic E-state index is 0.0366. The molecule has 0 atom stereocenters. The Labute approximate surface area is 139 Å². The molecule has 2 aromatic heterocycles. The lowest BCUT2D eigenvalue weighted by molar-refractivity contribution is -0.116. The molecule has 8 nitrogen and oxygen atoms in total. The number of amides is 1. The van der Waals surface area contributed by atoms with Gasteiger partial charge in [-0.1, -0.05) is 0 Å². The molecule has 0 fully saturated rings. The van der Waals surface area contributed by atoms with Crippen molar-refractivity contribution >= 4 is 11.9 Å². The van der Waals surface area contributed by atoms with Crippen molar-refractivity contribution in [3.8, 4) is 11.3 Å². The van der Waals surface area contributed by atoms with Crippen LogP contribution in [0.2, 0.25) is 0 Å². The van der Waals surface area contributed by atoms with Crippen molar-refractivity contribution in [2.24, 2.45) is 0 Å². The van der Waals surface area contributed by atoms with E-state index in [2.05, 4.69) is 25.5 Å². The van der Waals surface area contributed by atoms with Crippen LogP contribution in [-0.2, 0) is 17.8 Å². The summed E-state index contributed by atoms with van der Waals surface area (Å²) >= 11 is 0. The fourth-order valence-electron chi connectivity index (χ4n) is 2.07. The van der Waals surface area contributed by atoms with Crippen LogP contribution in [0.3, 0.4) is 0 Å². The van der Waals surface area contributed by atoms with Crippen molar-refractivity contribution in [1.82, 2.24) is 20.2 Å². The van der Waals surface area contributed by atoms with Crippen LogP contribution in [0.1, 0.15) is 18.1 Å². The van der Waals surface area contributed by atoms with Crippen molar-refractivity contribution in [1.29, 1.82) is 0 Å². The molecule has 2 heterocycles. The second-order valence-electron chi connectivity index (χ2n) is 5.05. The number of aliphatic hydroxyl groups is 1. The highest BCUT2D eigenvalue weighted by atomic mass is 19.1. The summed E-state index contributed by atoms with van der Waals surface area (Å²) in [5.41, 5.74) is 0.0851. The molecule has 1 aromatic carbocycles. The fraction of sp³-hybridized carbons (Fsp3) is 0.200. The first-order chi connectivity index (χ1) is 12.0. The van der Waals surface area contributed by atoms with Crippen LogP contribution in [-0.4, -0.2) is 31.2 Å². The van der Waals surface area contributed by atoms with Gasteiger partial charge in [-0.25, -0.2) is 13.8 Å². The Morgan fingerprint density at radius 3 is 2.92 bits per heavy atom. The minimum Gasteiger partial charge on any atom is -0.441 e. The largest absolute Gasteiger partial charge is 0.441 e. The Kier molecular flexibility index (Phi) is 4.80. The Morgan fingerprint density at radius 1 is 1.36 bits per heavy atom. The monoisotopic (exact) mass is 349 g/mol. The average molecular weight is 349 g/mol. The second kappa shape index (κ2) is 7.18. The molecule has 1 amide bonds. The van der Waals surface area contributed by atoms with Gasteiger partial charge in [0.2, 0.25) is 11.9 Å². The molecule has 0 unspecified atom stereocenters. The number of halogens is 2. The number of rotatable bonds is 6. The van der Waals surface area contributed by atoms with E-state index in [9.17, 15) is 13.6 Å². The maximum atomic E-state index is 13.7. The van der Waals surface area contributed by atoms with Crippen molar-refractivity contribution in [3.63, 3.8) is 0 Å². The molecule has 0 spiro atoms. The first kappa shape index (κ1) is 16.7. The lowest BCUT2D eigenvalue weighted by Crippen LogP contribution is -2.13. The molecule has 0 radical (unpaired) electrons. The van der Waals surface area contributed by atoms with Crippen LogP contribution in [0.4, 0.5) is 14.7 Å². The van der Waals surface area contributed by atoms with Gasteiger partial charge in [-0.2, -0.15) is 4.98 Å². The van der Waals surface area contributed by atoms with Gasteiger partial charge >= 0.3 is 0 Å². The molecule has 0 aliphatic heterocycles. The number of aryl methyl sites for hydroxylation is 1. The van der Waals surface area contributed by atoms with Crippen molar-refractivity contribution < 1.29 is 23.1 Å². The summed E-state index contributed by atoms with van der Waals surface area (Å²) in [6.45, 7) is -0.318. The maximum Gasteiger partial charge on any atom is 0.248 e. The molecule has 0 aliphatic carbocycles. The molecule has 3 rings (SSSR count). The predicted octanol–water partition coefficient (Wildman–Crippen LogP) is 1.80. The highest BCUT2D eigenvalue weighted by molar-refractivity contribution is 5.88. The third-order valence-electron chi connectivity index (χ3n) is 3.25. The molecule has 130 valence electrons. The van der Waals surface area contributed by atoms with E-state index in [0.29, 0.717) is 0 Å². The average Bonchev–Trinajstić information content (AvgIpc) is 3.22. The number of nitrogens with zero attached hydrogens (tertiary/aromatic N) is 3. The molecular weight excluding hydrogens is 336 g/mol. The summed E-state index contributed by atoms with van der Waals surface area (Å²) in [4.78, 5) is 19.6. The topological polar surface area (TPSA) is 117 Å². The van der Waals surface area contributed by atoms with E-state index in [0.717, 1.165) is 12.1 Å². The Morgan fingerprint density at radius 2 is 2.20 bits per heavy atom. The molecule has 3 N–H and O–H groups in total. The van der Waals surface area contributed by atoms with Crippen LogP contribution in [0.25, 0.3) is 11.3 Å². The standard InChI is InChI=1S/C15H13F2N5O3/c16-8-1-2-9(10(17)5-8)11-6-18-14(25-11)4-3-13(24)20-15-19-12(7-23)21-22-15/h1-2,5-6,23H,3-4,7H2,(H2,19,20,21,22,24). The first-order valence-corrected chi connectivity index (χ1v) is 7.27.